The third-order valence-electron chi connectivity index (χ3n) is 3.82. The van der Waals surface area contributed by atoms with Crippen LogP contribution in [-0.2, 0) is 11.4 Å². The first-order chi connectivity index (χ1) is 12.2. The number of rotatable bonds is 4. The summed E-state index contributed by atoms with van der Waals surface area (Å²) < 4.78 is 5.82. The molecule has 0 radical (unpaired) electrons. The van der Waals surface area contributed by atoms with Crippen LogP contribution in [0.5, 0.6) is 0 Å². The van der Waals surface area contributed by atoms with E-state index in [1.807, 2.05) is 67.7 Å². The molecule has 0 amide bonds. The molecule has 0 fully saturated rings. The van der Waals surface area contributed by atoms with Crippen LogP contribution in [0.4, 0.5) is 0 Å². The molecule has 0 atom stereocenters. The predicted molar refractivity (Wildman–Crippen MR) is 96.3 cm³/mol. The lowest BCUT2D eigenvalue weighted by Crippen LogP contribution is -2.31. The summed E-state index contributed by atoms with van der Waals surface area (Å²) in [5.74, 6) is 0.571. The highest BCUT2D eigenvalue weighted by molar-refractivity contribution is 6.30. The molecule has 1 aliphatic rings. The molecule has 2 heterocycles. The summed E-state index contributed by atoms with van der Waals surface area (Å²) in [6, 6.07) is 17.3. The molecule has 25 heavy (non-hydrogen) atoms. The van der Waals surface area contributed by atoms with Gasteiger partial charge < -0.3 is 4.42 Å². The van der Waals surface area contributed by atoms with Gasteiger partial charge in [0.05, 0.1) is 11.9 Å². The molecule has 1 aliphatic heterocycles. The van der Waals surface area contributed by atoms with Crippen molar-refractivity contribution in [1.29, 1.82) is 0 Å². The van der Waals surface area contributed by atoms with Gasteiger partial charge in [-0.2, -0.15) is 0 Å². The molecule has 3 aromatic rings. The number of hydroxylamine groups is 2. The molecule has 1 aromatic heterocycles. The number of halogens is 1. The Morgan fingerprint density at radius 3 is 2.64 bits per heavy atom. The van der Waals surface area contributed by atoms with Crippen molar-refractivity contribution in [2.45, 2.75) is 13.5 Å². The summed E-state index contributed by atoms with van der Waals surface area (Å²) in [6.07, 6.45) is 1.81. The number of hydrogen-bond donors (Lipinski definition) is 0. The van der Waals surface area contributed by atoms with Gasteiger partial charge in [-0.3, -0.25) is 4.84 Å². The third kappa shape index (κ3) is 3.37. The minimum atomic E-state index is 0.422. The second-order valence-corrected chi connectivity index (χ2v) is 6.10. The molecule has 124 valence electrons. The highest BCUT2D eigenvalue weighted by Crippen LogP contribution is 2.15. The molecule has 0 bridgehead atoms. The molecule has 0 unspecified atom stereocenters. The van der Waals surface area contributed by atoms with E-state index in [2.05, 4.69) is 10.7 Å². The maximum absolute atomic E-state index is 5.90. The Hall–Kier alpha value is -2.78. The molecule has 0 N–H and O–H groups in total. The molecule has 0 aliphatic carbocycles. The molecule has 2 aromatic carbocycles. The number of nitrogens with zero attached hydrogens (tertiary/aromatic N) is 2. The van der Waals surface area contributed by atoms with Crippen molar-refractivity contribution in [3.63, 3.8) is 0 Å². The summed E-state index contributed by atoms with van der Waals surface area (Å²) in [4.78, 5) is 10.4. The van der Waals surface area contributed by atoms with E-state index in [1.54, 1.807) is 5.06 Å². The zero-order chi connectivity index (χ0) is 17.2. The maximum atomic E-state index is 5.90. The smallest absolute Gasteiger partial charge is 0.228 e. The summed E-state index contributed by atoms with van der Waals surface area (Å²) in [7, 11) is 0. The van der Waals surface area contributed by atoms with Crippen LogP contribution in [0.15, 0.2) is 64.7 Å². The third-order valence-corrected chi connectivity index (χ3v) is 4.07. The topological polar surface area (TPSA) is 38.5 Å². The maximum Gasteiger partial charge on any atom is 0.228 e. The molecule has 0 saturated heterocycles. The lowest BCUT2D eigenvalue weighted by Gasteiger charge is -2.19. The first-order valence-electron chi connectivity index (χ1n) is 7.87. The van der Waals surface area contributed by atoms with Crippen molar-refractivity contribution in [3.8, 4) is 11.5 Å². The largest absolute Gasteiger partial charge is 0.428 e. The van der Waals surface area contributed by atoms with Gasteiger partial charge in [-0.1, -0.05) is 41.9 Å². The van der Waals surface area contributed by atoms with E-state index in [1.165, 1.54) is 0 Å². The second kappa shape index (κ2) is 6.61. The minimum Gasteiger partial charge on any atom is -0.428 e. The molecule has 0 saturated carbocycles. The van der Waals surface area contributed by atoms with Crippen LogP contribution in [0.3, 0.4) is 0 Å². The van der Waals surface area contributed by atoms with Crippen molar-refractivity contribution < 1.29 is 9.25 Å². The standard InChI is InChI=1S/C20H15ClN2O2/c1-14-11-19-18(22-20(25-19)16-5-3-2-4-6-16)12-23(14)24-13-15-7-9-17(21)10-8-15/h2-10,12H,13H2,1H3. The molecule has 4 nitrogen and oxygen atoms in total. The second-order valence-electron chi connectivity index (χ2n) is 5.66. The predicted octanol–water partition coefficient (Wildman–Crippen LogP) is 3.46. The van der Waals surface area contributed by atoms with E-state index < -0.39 is 0 Å². The van der Waals surface area contributed by atoms with Crippen molar-refractivity contribution in [2.24, 2.45) is 0 Å². The van der Waals surface area contributed by atoms with E-state index in [-0.39, 0.29) is 0 Å². The van der Waals surface area contributed by atoms with Gasteiger partial charge in [0.15, 0.2) is 0 Å². The highest BCUT2D eigenvalue weighted by Gasteiger charge is 2.12. The first kappa shape index (κ1) is 15.7. The van der Waals surface area contributed by atoms with Crippen molar-refractivity contribution in [2.75, 3.05) is 0 Å². The Labute approximate surface area is 149 Å². The Morgan fingerprint density at radius 1 is 1.12 bits per heavy atom. The fourth-order valence-corrected chi connectivity index (χ4v) is 2.63. The Bertz CT molecular complexity index is 1050. The van der Waals surface area contributed by atoms with Crippen LogP contribution in [-0.4, -0.2) is 10.0 Å². The quantitative estimate of drug-likeness (QED) is 0.722. The lowest BCUT2D eigenvalue weighted by atomic mass is 10.2. The van der Waals surface area contributed by atoms with E-state index in [0.717, 1.165) is 16.8 Å². The number of benzene rings is 2. The molecule has 5 heteroatoms. The number of oxazole rings is 1. The van der Waals surface area contributed by atoms with Crippen LogP contribution >= 0.6 is 11.6 Å². The Morgan fingerprint density at radius 2 is 1.88 bits per heavy atom. The lowest BCUT2D eigenvalue weighted by molar-refractivity contribution is -0.0883. The highest BCUT2D eigenvalue weighted by atomic mass is 35.5. The molecule has 4 rings (SSSR count). The zero-order valence-corrected chi connectivity index (χ0v) is 14.3. The average molecular weight is 351 g/mol. The zero-order valence-electron chi connectivity index (χ0n) is 13.6. The van der Waals surface area contributed by atoms with Crippen molar-refractivity contribution in [3.05, 3.63) is 81.6 Å². The molecular formula is C20H15ClN2O2. The van der Waals surface area contributed by atoms with Gasteiger partial charge in [0.25, 0.3) is 0 Å². The van der Waals surface area contributed by atoms with Gasteiger partial charge in [0.1, 0.15) is 12.0 Å². The van der Waals surface area contributed by atoms with Gasteiger partial charge in [-0.15, -0.1) is 0 Å². The Balaban J connectivity index is 1.59. The van der Waals surface area contributed by atoms with E-state index in [0.29, 0.717) is 28.3 Å². The van der Waals surface area contributed by atoms with E-state index in [9.17, 15) is 0 Å². The van der Waals surface area contributed by atoms with E-state index >= 15 is 0 Å². The van der Waals surface area contributed by atoms with Gasteiger partial charge in [-0.25, -0.2) is 10.0 Å². The van der Waals surface area contributed by atoms with Gasteiger partial charge >= 0.3 is 0 Å². The number of fused-ring (bicyclic) bond motifs is 1. The Kier molecular flexibility index (Phi) is 4.16. The van der Waals surface area contributed by atoms with Crippen molar-refractivity contribution >= 4 is 23.5 Å². The van der Waals surface area contributed by atoms with Gasteiger partial charge in [0.2, 0.25) is 11.3 Å². The van der Waals surface area contributed by atoms with Crippen LogP contribution < -0.4 is 10.8 Å². The summed E-state index contributed by atoms with van der Waals surface area (Å²) in [5.41, 5.74) is 6.56. The van der Waals surface area contributed by atoms with Crippen LogP contribution in [0.25, 0.3) is 23.4 Å². The minimum absolute atomic E-state index is 0.422. The van der Waals surface area contributed by atoms with Crippen LogP contribution in [0, 0.1) is 0 Å². The molecule has 0 spiro atoms. The monoisotopic (exact) mass is 350 g/mol. The summed E-state index contributed by atoms with van der Waals surface area (Å²) in [5, 5.41) is 3.06. The average Bonchev–Trinajstić information content (AvgIpc) is 3.04. The molecular weight excluding hydrogens is 336 g/mol. The van der Waals surface area contributed by atoms with Crippen LogP contribution in [0.2, 0.25) is 5.02 Å². The summed E-state index contributed by atoms with van der Waals surface area (Å²) >= 11 is 5.90. The SMILES string of the molecule is CC1=C=c2oc(-c3ccccc3)nc2=CN1OCc1ccc(Cl)cc1. The fraction of sp³-hybridized carbons (Fsp3) is 0.100. The van der Waals surface area contributed by atoms with Crippen molar-refractivity contribution in [1.82, 2.24) is 10.0 Å². The number of aromatic nitrogens is 1. The van der Waals surface area contributed by atoms with Crippen LogP contribution in [0.1, 0.15) is 12.5 Å². The van der Waals surface area contributed by atoms with Gasteiger partial charge in [0, 0.05) is 10.6 Å². The normalized spacial score (nSPS) is 12.9. The fourth-order valence-electron chi connectivity index (χ4n) is 2.50. The number of allylic oxidation sites excluding steroid dienone is 1. The van der Waals surface area contributed by atoms with E-state index in [4.69, 9.17) is 20.9 Å². The summed E-state index contributed by atoms with van der Waals surface area (Å²) in [6.45, 7) is 2.33. The number of hydrogen-bond acceptors (Lipinski definition) is 4. The van der Waals surface area contributed by atoms with Gasteiger partial charge in [-0.05, 0) is 42.5 Å². The first-order valence-corrected chi connectivity index (χ1v) is 8.25.